The summed E-state index contributed by atoms with van der Waals surface area (Å²) in [6, 6.07) is 0.306. The van der Waals surface area contributed by atoms with Crippen LogP contribution < -0.4 is 0 Å². The summed E-state index contributed by atoms with van der Waals surface area (Å²) in [4.78, 5) is 4.55. The summed E-state index contributed by atoms with van der Waals surface area (Å²) < 4.78 is 0. The van der Waals surface area contributed by atoms with Crippen LogP contribution in [0.2, 0.25) is 0 Å². The fourth-order valence-corrected chi connectivity index (χ4v) is 2.38. The fraction of sp³-hybridized carbons (Fsp3) is 0.308. The Hall–Kier alpha value is -1.37. The molecule has 1 unspecified atom stereocenters. The molecule has 0 bridgehead atoms. The van der Waals surface area contributed by atoms with Crippen LogP contribution in [0.3, 0.4) is 0 Å². The second-order valence-corrected chi connectivity index (χ2v) is 3.97. The second-order valence-electron chi connectivity index (χ2n) is 3.97. The van der Waals surface area contributed by atoms with Crippen molar-refractivity contribution in [1.29, 1.82) is 0 Å². The lowest BCUT2D eigenvalue weighted by atomic mass is 9.82. The van der Waals surface area contributed by atoms with Gasteiger partial charge in [0.25, 0.3) is 0 Å². The Morgan fingerprint density at radius 3 is 3.29 bits per heavy atom. The van der Waals surface area contributed by atoms with E-state index in [4.69, 9.17) is 0 Å². The van der Waals surface area contributed by atoms with Crippen molar-refractivity contribution in [1.82, 2.24) is 0 Å². The Morgan fingerprint density at radius 2 is 2.29 bits per heavy atom. The average Bonchev–Trinajstić information content (AvgIpc) is 2.29. The first-order chi connectivity index (χ1) is 6.95. The van der Waals surface area contributed by atoms with Crippen LogP contribution in [0.15, 0.2) is 52.1 Å². The van der Waals surface area contributed by atoms with Crippen molar-refractivity contribution in [2.24, 2.45) is 4.99 Å². The first-order valence-electron chi connectivity index (χ1n) is 5.23. The second kappa shape index (κ2) is 3.09. The summed E-state index contributed by atoms with van der Waals surface area (Å²) in [6.07, 6.45) is 16.6. The zero-order valence-corrected chi connectivity index (χ0v) is 8.11. The van der Waals surface area contributed by atoms with Crippen molar-refractivity contribution in [2.75, 3.05) is 0 Å². The van der Waals surface area contributed by atoms with Crippen LogP contribution in [0.25, 0.3) is 0 Å². The molecule has 0 spiro atoms. The molecule has 1 atom stereocenters. The fourth-order valence-electron chi connectivity index (χ4n) is 2.38. The lowest BCUT2D eigenvalue weighted by Gasteiger charge is -2.27. The van der Waals surface area contributed by atoms with Crippen molar-refractivity contribution in [3.63, 3.8) is 0 Å². The van der Waals surface area contributed by atoms with E-state index < -0.39 is 0 Å². The molecule has 0 radical (unpaired) electrons. The molecule has 0 amide bonds. The Kier molecular flexibility index (Phi) is 1.76. The van der Waals surface area contributed by atoms with E-state index in [1.165, 1.54) is 24.0 Å². The molecule has 3 rings (SSSR count). The van der Waals surface area contributed by atoms with E-state index in [9.17, 15) is 0 Å². The molecule has 14 heavy (non-hydrogen) atoms. The molecule has 0 aromatic carbocycles. The van der Waals surface area contributed by atoms with Crippen molar-refractivity contribution in [2.45, 2.75) is 25.3 Å². The van der Waals surface area contributed by atoms with Crippen LogP contribution >= 0.6 is 0 Å². The lowest BCUT2D eigenvalue weighted by molar-refractivity contribution is 0.805. The van der Waals surface area contributed by atoms with Crippen molar-refractivity contribution < 1.29 is 0 Å². The predicted molar refractivity (Wildman–Crippen MR) is 59.5 cm³/mol. The van der Waals surface area contributed by atoms with Gasteiger partial charge in [0.2, 0.25) is 0 Å². The lowest BCUT2D eigenvalue weighted by Crippen LogP contribution is -2.18. The monoisotopic (exact) mass is 183 g/mol. The largest absolute Gasteiger partial charge is 0.280 e. The zero-order valence-electron chi connectivity index (χ0n) is 8.11. The third-order valence-corrected chi connectivity index (χ3v) is 3.12. The molecule has 0 aromatic rings. The van der Waals surface area contributed by atoms with Gasteiger partial charge in [0.1, 0.15) is 0 Å². The summed E-state index contributed by atoms with van der Waals surface area (Å²) in [6.45, 7) is 0. The smallest absolute Gasteiger partial charge is 0.0996 e. The molecule has 0 saturated carbocycles. The Labute approximate surface area is 84.2 Å². The zero-order chi connectivity index (χ0) is 9.38. The maximum atomic E-state index is 4.55. The number of nitrogens with zero attached hydrogens (tertiary/aromatic N) is 1. The van der Waals surface area contributed by atoms with Gasteiger partial charge in [-0.3, -0.25) is 4.99 Å². The number of hydrogen-bond donors (Lipinski definition) is 0. The standard InChI is InChI=1S/C13H13N/c1-2-6-12-10(4-1)7-8-11-5-3-9-14-13(11)12/h2-3,5-6,8-9,13H,1,4,7H2. The first kappa shape index (κ1) is 7.98. The highest BCUT2D eigenvalue weighted by molar-refractivity contribution is 5.76. The van der Waals surface area contributed by atoms with E-state index in [-0.39, 0.29) is 0 Å². The minimum Gasteiger partial charge on any atom is -0.280 e. The van der Waals surface area contributed by atoms with Crippen LogP contribution in [0.1, 0.15) is 19.3 Å². The van der Waals surface area contributed by atoms with E-state index in [1.807, 2.05) is 12.3 Å². The third kappa shape index (κ3) is 1.12. The van der Waals surface area contributed by atoms with Gasteiger partial charge in [0.05, 0.1) is 6.04 Å². The summed E-state index contributed by atoms with van der Waals surface area (Å²) >= 11 is 0. The molecule has 70 valence electrons. The number of fused-ring (bicyclic) bond motifs is 2. The molecule has 1 aliphatic heterocycles. The van der Waals surface area contributed by atoms with Gasteiger partial charge in [-0.1, -0.05) is 29.9 Å². The van der Waals surface area contributed by atoms with Crippen LogP contribution in [0.5, 0.6) is 0 Å². The first-order valence-corrected chi connectivity index (χ1v) is 5.23. The molecular formula is C13H13N. The van der Waals surface area contributed by atoms with Gasteiger partial charge in [-0.2, -0.15) is 0 Å². The quantitative estimate of drug-likeness (QED) is 0.547. The van der Waals surface area contributed by atoms with E-state index in [0.717, 1.165) is 6.42 Å². The number of hydrogen-bond acceptors (Lipinski definition) is 1. The van der Waals surface area contributed by atoms with E-state index in [0.29, 0.717) is 6.04 Å². The van der Waals surface area contributed by atoms with E-state index in [1.54, 1.807) is 5.57 Å². The SMILES string of the molecule is C1=CC2=CCC3=C(C=CCC3)C2N=C1. The minimum absolute atomic E-state index is 0.306. The Bertz CT molecular complexity index is 405. The third-order valence-electron chi connectivity index (χ3n) is 3.12. The molecule has 0 saturated heterocycles. The molecule has 0 aromatic heterocycles. The van der Waals surface area contributed by atoms with Crippen LogP contribution in [0.4, 0.5) is 0 Å². The van der Waals surface area contributed by atoms with Gasteiger partial charge < -0.3 is 0 Å². The van der Waals surface area contributed by atoms with Gasteiger partial charge in [0, 0.05) is 6.21 Å². The highest BCUT2D eigenvalue weighted by atomic mass is 14.8. The average molecular weight is 183 g/mol. The number of rotatable bonds is 0. The van der Waals surface area contributed by atoms with Gasteiger partial charge in [0.15, 0.2) is 0 Å². The van der Waals surface area contributed by atoms with Gasteiger partial charge >= 0.3 is 0 Å². The molecule has 2 aliphatic carbocycles. The van der Waals surface area contributed by atoms with Crippen molar-refractivity contribution in [3.05, 3.63) is 47.1 Å². The van der Waals surface area contributed by atoms with E-state index in [2.05, 4.69) is 29.3 Å². The number of aliphatic imine (C=N–C) groups is 1. The van der Waals surface area contributed by atoms with E-state index >= 15 is 0 Å². The maximum Gasteiger partial charge on any atom is 0.0996 e. The summed E-state index contributed by atoms with van der Waals surface area (Å²) in [5, 5.41) is 0. The Morgan fingerprint density at radius 1 is 1.29 bits per heavy atom. The van der Waals surface area contributed by atoms with Crippen molar-refractivity contribution >= 4 is 6.21 Å². The predicted octanol–water partition coefficient (Wildman–Crippen LogP) is 2.97. The highest BCUT2D eigenvalue weighted by Crippen LogP contribution is 2.34. The summed E-state index contributed by atoms with van der Waals surface area (Å²) in [5.41, 5.74) is 4.42. The molecule has 0 fully saturated rings. The van der Waals surface area contributed by atoms with Gasteiger partial charge in [-0.25, -0.2) is 0 Å². The number of dihydropyridines is 1. The van der Waals surface area contributed by atoms with Gasteiger partial charge in [-0.05, 0) is 36.5 Å². The Balaban J connectivity index is 2.04. The molecule has 1 heterocycles. The molecule has 1 nitrogen and oxygen atoms in total. The topological polar surface area (TPSA) is 12.4 Å². The van der Waals surface area contributed by atoms with Crippen LogP contribution in [-0.2, 0) is 0 Å². The minimum atomic E-state index is 0.306. The van der Waals surface area contributed by atoms with Gasteiger partial charge in [-0.15, -0.1) is 0 Å². The molecular weight excluding hydrogens is 170 g/mol. The molecule has 3 aliphatic rings. The maximum absolute atomic E-state index is 4.55. The molecule has 0 N–H and O–H groups in total. The number of allylic oxidation sites excluding steroid dienone is 4. The van der Waals surface area contributed by atoms with Crippen LogP contribution in [0, 0.1) is 0 Å². The molecule has 1 heteroatoms. The van der Waals surface area contributed by atoms with Crippen molar-refractivity contribution in [3.8, 4) is 0 Å². The highest BCUT2D eigenvalue weighted by Gasteiger charge is 2.23. The summed E-state index contributed by atoms with van der Waals surface area (Å²) in [5.74, 6) is 0. The normalized spacial score (nSPS) is 28.6. The van der Waals surface area contributed by atoms with Crippen LogP contribution in [-0.4, -0.2) is 12.3 Å². The summed E-state index contributed by atoms with van der Waals surface area (Å²) in [7, 11) is 0.